The quantitative estimate of drug-likeness (QED) is 0.549. The van der Waals surface area contributed by atoms with E-state index < -0.39 is 27.9 Å². The SMILES string of the molecule is CCOc1ccccc1C(=O)O[C@H](C)C(=O)c1ccc(NS(C)(=O)=O)cc1. The highest BCUT2D eigenvalue weighted by Crippen LogP contribution is 2.20. The fourth-order valence-corrected chi connectivity index (χ4v) is 2.91. The number of carbonyl (C=O) groups is 2. The largest absolute Gasteiger partial charge is 0.493 e. The number of hydrogen-bond acceptors (Lipinski definition) is 6. The second-order valence-electron chi connectivity index (χ2n) is 5.79. The minimum atomic E-state index is -3.40. The lowest BCUT2D eigenvalue weighted by molar-refractivity contribution is 0.0315. The highest BCUT2D eigenvalue weighted by Gasteiger charge is 2.22. The summed E-state index contributed by atoms with van der Waals surface area (Å²) >= 11 is 0. The van der Waals surface area contributed by atoms with Crippen molar-refractivity contribution in [1.82, 2.24) is 0 Å². The summed E-state index contributed by atoms with van der Waals surface area (Å²) in [6.07, 6.45) is 0.0223. The fraction of sp³-hybridized carbons (Fsp3) is 0.263. The summed E-state index contributed by atoms with van der Waals surface area (Å²) in [5.41, 5.74) is 0.878. The molecule has 0 bridgehead atoms. The topological polar surface area (TPSA) is 98.8 Å². The van der Waals surface area contributed by atoms with E-state index in [-0.39, 0.29) is 5.56 Å². The number of ketones is 1. The van der Waals surface area contributed by atoms with Crippen molar-refractivity contribution < 1.29 is 27.5 Å². The van der Waals surface area contributed by atoms with Crippen LogP contribution < -0.4 is 9.46 Å². The Bertz CT molecular complexity index is 921. The van der Waals surface area contributed by atoms with Crippen LogP contribution >= 0.6 is 0 Å². The zero-order chi connectivity index (χ0) is 20.0. The van der Waals surface area contributed by atoms with E-state index in [0.29, 0.717) is 23.6 Å². The van der Waals surface area contributed by atoms with Crippen LogP contribution in [0.25, 0.3) is 0 Å². The van der Waals surface area contributed by atoms with Crippen LogP contribution in [0.4, 0.5) is 5.69 Å². The third-order valence-corrected chi connectivity index (χ3v) is 4.14. The predicted molar refractivity (Wildman–Crippen MR) is 102 cm³/mol. The molecule has 2 rings (SSSR count). The molecule has 0 fully saturated rings. The number of rotatable bonds is 8. The van der Waals surface area contributed by atoms with Crippen molar-refractivity contribution in [3.8, 4) is 5.75 Å². The molecule has 0 saturated heterocycles. The average Bonchev–Trinajstić information content (AvgIpc) is 2.61. The Balaban J connectivity index is 2.08. The molecule has 0 unspecified atom stereocenters. The van der Waals surface area contributed by atoms with Crippen molar-refractivity contribution in [1.29, 1.82) is 0 Å². The normalized spacial score (nSPS) is 12.1. The Morgan fingerprint density at radius 2 is 1.70 bits per heavy atom. The molecule has 7 nitrogen and oxygen atoms in total. The minimum Gasteiger partial charge on any atom is -0.493 e. The number of benzene rings is 2. The number of carbonyl (C=O) groups excluding carboxylic acids is 2. The molecule has 2 aromatic carbocycles. The van der Waals surface area contributed by atoms with Gasteiger partial charge in [-0.1, -0.05) is 12.1 Å². The first kappa shape index (κ1) is 20.4. The minimum absolute atomic E-state index is 0.242. The molecule has 1 atom stereocenters. The van der Waals surface area contributed by atoms with Gasteiger partial charge in [0.25, 0.3) is 0 Å². The van der Waals surface area contributed by atoms with Crippen molar-refractivity contribution in [2.75, 3.05) is 17.6 Å². The molecule has 0 spiro atoms. The lowest BCUT2D eigenvalue weighted by Gasteiger charge is -2.14. The number of esters is 1. The maximum Gasteiger partial charge on any atom is 0.342 e. The van der Waals surface area contributed by atoms with Crippen LogP contribution in [0.2, 0.25) is 0 Å². The number of Topliss-reactive ketones (excluding diaryl/α,β-unsaturated/α-hetero) is 1. The van der Waals surface area contributed by atoms with Gasteiger partial charge in [0, 0.05) is 11.3 Å². The summed E-state index contributed by atoms with van der Waals surface area (Å²) in [5, 5.41) is 0. The molecule has 0 aliphatic carbocycles. The molecule has 0 aromatic heterocycles. The van der Waals surface area contributed by atoms with Crippen molar-refractivity contribution in [3.05, 3.63) is 59.7 Å². The molecule has 27 heavy (non-hydrogen) atoms. The van der Waals surface area contributed by atoms with E-state index in [1.807, 2.05) is 0 Å². The van der Waals surface area contributed by atoms with Gasteiger partial charge >= 0.3 is 5.97 Å². The Kier molecular flexibility index (Phi) is 6.57. The molecule has 0 heterocycles. The lowest BCUT2D eigenvalue weighted by Crippen LogP contribution is -2.24. The highest BCUT2D eigenvalue weighted by atomic mass is 32.2. The van der Waals surface area contributed by atoms with Crippen LogP contribution in [0.3, 0.4) is 0 Å². The summed E-state index contributed by atoms with van der Waals surface area (Å²) in [6.45, 7) is 3.68. The van der Waals surface area contributed by atoms with Gasteiger partial charge in [-0.25, -0.2) is 13.2 Å². The fourth-order valence-electron chi connectivity index (χ4n) is 2.35. The Hall–Kier alpha value is -2.87. The molecule has 0 saturated carbocycles. The summed E-state index contributed by atoms with van der Waals surface area (Å²) < 4.78 is 35.4. The van der Waals surface area contributed by atoms with Gasteiger partial charge in [0.2, 0.25) is 15.8 Å². The van der Waals surface area contributed by atoms with Gasteiger partial charge in [-0.3, -0.25) is 9.52 Å². The van der Waals surface area contributed by atoms with Crippen LogP contribution in [0.1, 0.15) is 34.6 Å². The number of ether oxygens (including phenoxy) is 2. The van der Waals surface area contributed by atoms with Crippen LogP contribution in [-0.4, -0.2) is 39.1 Å². The van der Waals surface area contributed by atoms with Crippen LogP contribution in [-0.2, 0) is 14.8 Å². The van der Waals surface area contributed by atoms with Gasteiger partial charge in [-0.15, -0.1) is 0 Å². The number of sulfonamides is 1. The van der Waals surface area contributed by atoms with Crippen molar-refractivity contribution >= 4 is 27.5 Å². The van der Waals surface area contributed by atoms with E-state index in [4.69, 9.17) is 9.47 Å². The second-order valence-corrected chi connectivity index (χ2v) is 7.54. The zero-order valence-corrected chi connectivity index (χ0v) is 16.1. The molecule has 0 aliphatic rings. The van der Waals surface area contributed by atoms with E-state index in [0.717, 1.165) is 6.26 Å². The van der Waals surface area contributed by atoms with Gasteiger partial charge < -0.3 is 9.47 Å². The summed E-state index contributed by atoms with van der Waals surface area (Å²) in [6, 6.07) is 12.5. The third kappa shape index (κ3) is 5.82. The van der Waals surface area contributed by atoms with E-state index in [1.54, 1.807) is 31.2 Å². The van der Waals surface area contributed by atoms with Crippen molar-refractivity contribution in [2.45, 2.75) is 20.0 Å². The molecular formula is C19H21NO6S. The van der Waals surface area contributed by atoms with E-state index in [2.05, 4.69) is 4.72 Å². The monoisotopic (exact) mass is 391 g/mol. The first-order valence-corrected chi connectivity index (χ1v) is 10.1. The number of anilines is 1. The highest BCUT2D eigenvalue weighted by molar-refractivity contribution is 7.92. The molecule has 1 N–H and O–H groups in total. The van der Waals surface area contributed by atoms with Crippen molar-refractivity contribution in [2.24, 2.45) is 0 Å². The van der Waals surface area contributed by atoms with Gasteiger partial charge in [0.05, 0.1) is 12.9 Å². The summed E-state index contributed by atoms with van der Waals surface area (Å²) in [5.74, 6) is -0.667. The maximum atomic E-state index is 12.5. The lowest BCUT2D eigenvalue weighted by atomic mass is 10.1. The van der Waals surface area contributed by atoms with Gasteiger partial charge in [0.1, 0.15) is 11.3 Å². The number of hydrogen-bond donors (Lipinski definition) is 1. The summed E-state index contributed by atoms with van der Waals surface area (Å²) in [4.78, 5) is 24.8. The smallest absolute Gasteiger partial charge is 0.342 e. The molecule has 0 aliphatic heterocycles. The molecule has 144 valence electrons. The standard InChI is InChI=1S/C19H21NO6S/c1-4-25-17-8-6-5-7-16(17)19(22)26-13(2)18(21)14-9-11-15(12-10-14)20-27(3,23)24/h5-13,20H,4H2,1-3H3/t13-/m1/s1. The predicted octanol–water partition coefficient (Wildman–Crippen LogP) is 2.89. The summed E-state index contributed by atoms with van der Waals surface area (Å²) in [7, 11) is -3.40. The average molecular weight is 391 g/mol. The van der Waals surface area contributed by atoms with Gasteiger partial charge in [0.15, 0.2) is 6.10 Å². The number of para-hydroxylation sites is 1. The van der Waals surface area contributed by atoms with Crippen molar-refractivity contribution in [3.63, 3.8) is 0 Å². The Labute approximate surface area is 158 Å². The molecule has 0 radical (unpaired) electrons. The molecule has 0 amide bonds. The van der Waals surface area contributed by atoms with Crippen LogP contribution in [0.15, 0.2) is 48.5 Å². The number of nitrogens with one attached hydrogen (secondary N) is 1. The first-order valence-electron chi connectivity index (χ1n) is 8.26. The zero-order valence-electron chi connectivity index (χ0n) is 15.3. The molecule has 8 heteroatoms. The van der Waals surface area contributed by atoms with E-state index in [1.165, 1.54) is 31.2 Å². The Morgan fingerprint density at radius 1 is 1.07 bits per heavy atom. The van der Waals surface area contributed by atoms with Gasteiger partial charge in [-0.2, -0.15) is 0 Å². The van der Waals surface area contributed by atoms with E-state index in [9.17, 15) is 18.0 Å². The Morgan fingerprint density at radius 3 is 2.30 bits per heavy atom. The molecule has 2 aromatic rings. The van der Waals surface area contributed by atoms with E-state index >= 15 is 0 Å². The first-order chi connectivity index (χ1) is 12.7. The van der Waals surface area contributed by atoms with Crippen LogP contribution in [0, 0.1) is 0 Å². The second kappa shape index (κ2) is 8.68. The molecular weight excluding hydrogens is 370 g/mol. The van der Waals surface area contributed by atoms with Gasteiger partial charge in [-0.05, 0) is 50.2 Å². The maximum absolute atomic E-state index is 12.5. The third-order valence-electron chi connectivity index (χ3n) is 3.53. The van der Waals surface area contributed by atoms with Crippen LogP contribution in [0.5, 0.6) is 5.75 Å².